The van der Waals surface area contributed by atoms with Gasteiger partial charge in [-0.25, -0.2) is 4.98 Å². The molecular formula is C20H11Cl4N3OS. The minimum absolute atomic E-state index is 0.108. The minimum Gasteiger partial charge on any atom is -0.297 e. The first-order valence-corrected chi connectivity index (χ1v) is 10.5. The van der Waals surface area contributed by atoms with Crippen molar-refractivity contribution in [3.8, 4) is 6.07 Å². The van der Waals surface area contributed by atoms with Crippen molar-refractivity contribution in [2.24, 2.45) is 0 Å². The van der Waals surface area contributed by atoms with Crippen molar-refractivity contribution < 1.29 is 4.79 Å². The fraction of sp³-hybridized carbons (Fsp3) is 0.0500. The van der Waals surface area contributed by atoms with Crippen LogP contribution >= 0.6 is 57.7 Å². The number of nitriles is 1. The molecule has 0 saturated heterocycles. The van der Waals surface area contributed by atoms with Crippen LogP contribution in [-0.2, 0) is 11.2 Å². The number of hydrogen-bond donors (Lipinski definition) is 1. The van der Waals surface area contributed by atoms with Gasteiger partial charge in [-0.3, -0.25) is 10.1 Å². The highest BCUT2D eigenvalue weighted by Gasteiger charge is 2.14. The van der Waals surface area contributed by atoms with Crippen LogP contribution < -0.4 is 5.32 Å². The van der Waals surface area contributed by atoms with Crippen molar-refractivity contribution in [2.75, 3.05) is 5.32 Å². The molecule has 0 atom stereocenters. The number of hydrogen-bond acceptors (Lipinski definition) is 4. The summed E-state index contributed by atoms with van der Waals surface area (Å²) >= 11 is 25.5. The third kappa shape index (κ3) is 5.72. The second-order valence-corrected chi connectivity index (χ2v) is 8.64. The van der Waals surface area contributed by atoms with Crippen LogP contribution in [0, 0.1) is 11.3 Å². The van der Waals surface area contributed by atoms with Gasteiger partial charge in [-0.2, -0.15) is 5.26 Å². The van der Waals surface area contributed by atoms with Crippen LogP contribution in [0.4, 0.5) is 5.13 Å². The van der Waals surface area contributed by atoms with Gasteiger partial charge in [-0.15, -0.1) is 11.3 Å². The molecule has 0 unspecified atom stereocenters. The predicted octanol–water partition coefficient (Wildman–Crippen LogP) is 6.89. The van der Waals surface area contributed by atoms with Crippen LogP contribution in [-0.4, -0.2) is 10.9 Å². The van der Waals surface area contributed by atoms with E-state index < -0.39 is 5.91 Å². The van der Waals surface area contributed by atoms with Gasteiger partial charge in [-0.1, -0.05) is 52.5 Å². The summed E-state index contributed by atoms with van der Waals surface area (Å²) in [5.41, 5.74) is 1.26. The Morgan fingerprint density at radius 2 is 1.83 bits per heavy atom. The summed E-state index contributed by atoms with van der Waals surface area (Å²) in [5, 5.41) is 14.3. The van der Waals surface area contributed by atoms with Gasteiger partial charge in [0.15, 0.2) is 5.13 Å². The Morgan fingerprint density at radius 1 is 1.10 bits per heavy atom. The fourth-order valence-corrected chi connectivity index (χ4v) is 4.07. The number of carbonyl (C=O) groups is 1. The molecule has 1 amide bonds. The number of benzene rings is 2. The monoisotopic (exact) mass is 481 g/mol. The van der Waals surface area contributed by atoms with E-state index in [0.29, 0.717) is 37.2 Å². The zero-order valence-corrected chi connectivity index (χ0v) is 18.4. The molecule has 2 aromatic carbocycles. The normalized spacial score (nSPS) is 11.2. The molecule has 29 heavy (non-hydrogen) atoms. The number of rotatable bonds is 5. The van der Waals surface area contributed by atoms with Gasteiger partial charge in [0.1, 0.15) is 11.6 Å². The highest BCUT2D eigenvalue weighted by atomic mass is 35.5. The van der Waals surface area contributed by atoms with Crippen LogP contribution in [0.3, 0.4) is 0 Å². The first kappa shape index (κ1) is 21.6. The van der Waals surface area contributed by atoms with Gasteiger partial charge in [-0.05, 0) is 47.5 Å². The molecule has 0 aliphatic heterocycles. The molecule has 1 aromatic heterocycles. The summed E-state index contributed by atoms with van der Waals surface area (Å²) in [5.74, 6) is -0.583. The maximum Gasteiger partial charge on any atom is 0.268 e. The third-order valence-corrected chi connectivity index (χ3v) is 5.85. The fourth-order valence-electron chi connectivity index (χ4n) is 2.40. The molecule has 1 heterocycles. The van der Waals surface area contributed by atoms with Gasteiger partial charge < -0.3 is 0 Å². The highest BCUT2D eigenvalue weighted by Crippen LogP contribution is 2.27. The molecule has 3 aromatic rings. The van der Waals surface area contributed by atoms with Gasteiger partial charge in [0.05, 0.1) is 0 Å². The number of carbonyl (C=O) groups excluding carboxylic acids is 1. The average molecular weight is 483 g/mol. The lowest BCUT2D eigenvalue weighted by molar-refractivity contribution is -0.112. The van der Waals surface area contributed by atoms with Crippen molar-refractivity contribution in [1.29, 1.82) is 5.26 Å². The lowest BCUT2D eigenvalue weighted by Gasteiger charge is -2.03. The van der Waals surface area contributed by atoms with Crippen molar-refractivity contribution in [3.05, 3.63) is 84.3 Å². The third-order valence-electron chi connectivity index (χ3n) is 3.77. The smallest absolute Gasteiger partial charge is 0.268 e. The number of aromatic nitrogens is 1. The largest absolute Gasteiger partial charge is 0.297 e. The summed E-state index contributed by atoms with van der Waals surface area (Å²) in [7, 11) is 0. The van der Waals surface area contributed by atoms with Crippen molar-refractivity contribution >= 4 is 74.9 Å². The van der Waals surface area contributed by atoms with Crippen LogP contribution in [0.5, 0.6) is 0 Å². The molecule has 0 fully saturated rings. The van der Waals surface area contributed by atoms with Gasteiger partial charge in [0.2, 0.25) is 0 Å². The predicted molar refractivity (Wildman–Crippen MR) is 120 cm³/mol. The molecule has 146 valence electrons. The van der Waals surface area contributed by atoms with Crippen LogP contribution in [0.15, 0.2) is 48.2 Å². The van der Waals surface area contributed by atoms with E-state index in [1.165, 1.54) is 23.5 Å². The van der Waals surface area contributed by atoms with Crippen LogP contribution in [0.1, 0.15) is 16.0 Å². The summed E-state index contributed by atoms with van der Waals surface area (Å²) in [6, 6.07) is 11.9. The van der Waals surface area contributed by atoms with E-state index in [1.807, 2.05) is 6.07 Å². The van der Waals surface area contributed by atoms with E-state index >= 15 is 0 Å². The van der Waals surface area contributed by atoms with Crippen LogP contribution in [0.25, 0.3) is 6.08 Å². The van der Waals surface area contributed by atoms with Crippen molar-refractivity contribution in [3.63, 3.8) is 0 Å². The first-order valence-electron chi connectivity index (χ1n) is 8.12. The Kier molecular flexibility index (Phi) is 7.18. The SMILES string of the molecule is N#C/C(=C/c1ccc(Cl)cc1Cl)C(=O)Nc1ncc(Cc2cc(Cl)ccc2Cl)s1. The second kappa shape index (κ2) is 9.62. The number of nitrogens with one attached hydrogen (secondary N) is 1. The Balaban J connectivity index is 1.74. The van der Waals surface area contributed by atoms with E-state index in [2.05, 4.69) is 10.3 Å². The molecule has 0 bridgehead atoms. The number of anilines is 1. The molecule has 4 nitrogen and oxygen atoms in total. The standard InChI is InChI=1S/C20H11Cl4N3OS/c21-14-3-4-17(23)12(6-14)7-16-10-26-20(29-16)27-19(28)13(9-25)5-11-1-2-15(22)8-18(11)24/h1-6,8,10H,7H2,(H,26,27,28)/b13-5-. The molecule has 3 rings (SSSR count). The summed E-state index contributed by atoms with van der Waals surface area (Å²) < 4.78 is 0. The van der Waals surface area contributed by atoms with Crippen LogP contribution in [0.2, 0.25) is 20.1 Å². The Labute approximate surface area is 191 Å². The molecular weight excluding hydrogens is 472 g/mol. The molecule has 0 aliphatic rings. The molecule has 0 radical (unpaired) electrons. The van der Waals surface area contributed by atoms with E-state index in [4.69, 9.17) is 46.4 Å². The quantitative estimate of drug-likeness (QED) is 0.318. The molecule has 0 saturated carbocycles. The molecule has 1 N–H and O–H groups in total. The number of amides is 1. The molecule has 0 aliphatic carbocycles. The number of thiazole rings is 1. The van der Waals surface area contributed by atoms with Crippen molar-refractivity contribution in [1.82, 2.24) is 4.98 Å². The van der Waals surface area contributed by atoms with E-state index in [9.17, 15) is 10.1 Å². The van der Waals surface area contributed by atoms with E-state index in [-0.39, 0.29) is 5.57 Å². The number of nitrogens with zero attached hydrogens (tertiary/aromatic N) is 2. The van der Waals surface area contributed by atoms with E-state index in [0.717, 1.165) is 10.4 Å². The maximum atomic E-state index is 12.4. The topological polar surface area (TPSA) is 65.8 Å². The summed E-state index contributed by atoms with van der Waals surface area (Å²) in [4.78, 5) is 17.5. The van der Waals surface area contributed by atoms with Gasteiger partial charge in [0.25, 0.3) is 5.91 Å². The van der Waals surface area contributed by atoms with Gasteiger partial charge >= 0.3 is 0 Å². The lowest BCUT2D eigenvalue weighted by Crippen LogP contribution is -2.13. The van der Waals surface area contributed by atoms with Gasteiger partial charge in [0, 0.05) is 37.6 Å². The Bertz CT molecular complexity index is 1150. The zero-order chi connectivity index (χ0) is 21.0. The van der Waals surface area contributed by atoms with Crippen molar-refractivity contribution in [2.45, 2.75) is 6.42 Å². The maximum absolute atomic E-state index is 12.4. The lowest BCUT2D eigenvalue weighted by atomic mass is 10.1. The second-order valence-electron chi connectivity index (χ2n) is 5.83. The highest BCUT2D eigenvalue weighted by molar-refractivity contribution is 7.15. The summed E-state index contributed by atoms with van der Waals surface area (Å²) in [6.07, 6.45) is 3.56. The average Bonchev–Trinajstić information content (AvgIpc) is 3.11. The zero-order valence-electron chi connectivity index (χ0n) is 14.5. The first-order chi connectivity index (χ1) is 13.9. The van der Waals surface area contributed by atoms with E-state index in [1.54, 1.807) is 36.5 Å². The summed E-state index contributed by atoms with van der Waals surface area (Å²) in [6.45, 7) is 0. The Morgan fingerprint density at radius 3 is 2.55 bits per heavy atom. The molecule has 9 heteroatoms. The molecule has 0 spiro atoms. The Hall–Kier alpha value is -2.07. The minimum atomic E-state index is -0.583. The number of halogens is 4.